The highest BCUT2D eigenvalue weighted by atomic mass is 35.5. The first-order chi connectivity index (χ1) is 5.79. The first-order valence-corrected chi connectivity index (χ1v) is 4.03. The molecule has 64 valence electrons. The molecule has 0 aromatic heterocycles. The number of rotatable bonds is 3. The maximum absolute atomic E-state index is 5.47. The molecule has 0 spiro atoms. The van der Waals surface area contributed by atoms with Gasteiger partial charge in [-0.15, -0.1) is 0 Å². The molecule has 3 heteroatoms. The van der Waals surface area contributed by atoms with Crippen molar-refractivity contribution >= 4 is 16.8 Å². The standard InChI is InChI=1S/C9H10ClNO/c1-8(10)11-12-7-9-5-3-2-4-6-9/h2-6H,7H2,1H3/b11-8+. The lowest BCUT2D eigenvalue weighted by atomic mass is 10.2. The fourth-order valence-corrected chi connectivity index (χ4v) is 0.819. The van der Waals surface area contributed by atoms with Crippen LogP contribution in [0.1, 0.15) is 12.5 Å². The number of benzene rings is 1. The summed E-state index contributed by atoms with van der Waals surface area (Å²) in [7, 11) is 0. The van der Waals surface area contributed by atoms with Crippen molar-refractivity contribution in [1.82, 2.24) is 0 Å². The molecule has 0 aliphatic carbocycles. The summed E-state index contributed by atoms with van der Waals surface area (Å²) in [5.74, 6) is 0. The largest absolute Gasteiger partial charge is 0.390 e. The van der Waals surface area contributed by atoms with Gasteiger partial charge in [0, 0.05) is 0 Å². The van der Waals surface area contributed by atoms with Crippen molar-refractivity contribution in [3.8, 4) is 0 Å². The third-order valence-corrected chi connectivity index (χ3v) is 1.33. The van der Waals surface area contributed by atoms with Gasteiger partial charge in [0.05, 0.1) is 0 Å². The maximum atomic E-state index is 5.47. The second kappa shape index (κ2) is 4.78. The van der Waals surface area contributed by atoms with E-state index in [1.165, 1.54) is 0 Å². The number of hydrogen-bond acceptors (Lipinski definition) is 2. The Morgan fingerprint density at radius 1 is 1.42 bits per heavy atom. The van der Waals surface area contributed by atoms with Gasteiger partial charge in [-0.3, -0.25) is 0 Å². The van der Waals surface area contributed by atoms with Gasteiger partial charge in [-0.2, -0.15) is 0 Å². The lowest BCUT2D eigenvalue weighted by Crippen LogP contribution is -1.87. The summed E-state index contributed by atoms with van der Waals surface area (Å²) in [5, 5.41) is 4.01. The molecule has 2 nitrogen and oxygen atoms in total. The van der Waals surface area contributed by atoms with Crippen molar-refractivity contribution in [2.24, 2.45) is 5.16 Å². The van der Waals surface area contributed by atoms with Crippen molar-refractivity contribution in [3.63, 3.8) is 0 Å². The molecule has 0 bridgehead atoms. The van der Waals surface area contributed by atoms with Crippen molar-refractivity contribution in [2.45, 2.75) is 13.5 Å². The van der Waals surface area contributed by atoms with Crippen LogP contribution in [0, 0.1) is 0 Å². The zero-order valence-corrected chi connectivity index (χ0v) is 7.58. The summed E-state index contributed by atoms with van der Waals surface area (Å²) in [5.41, 5.74) is 1.08. The second-order valence-corrected chi connectivity index (χ2v) is 2.89. The first kappa shape index (κ1) is 9.07. The lowest BCUT2D eigenvalue weighted by Gasteiger charge is -1.98. The van der Waals surface area contributed by atoms with Crippen molar-refractivity contribution < 1.29 is 4.84 Å². The summed E-state index contributed by atoms with van der Waals surface area (Å²) in [6, 6.07) is 9.81. The van der Waals surface area contributed by atoms with Gasteiger partial charge >= 0.3 is 0 Å². The summed E-state index contributed by atoms with van der Waals surface area (Å²) < 4.78 is 0. The fraction of sp³-hybridized carbons (Fsp3) is 0.222. The predicted molar refractivity (Wildman–Crippen MR) is 50.2 cm³/mol. The first-order valence-electron chi connectivity index (χ1n) is 3.65. The van der Waals surface area contributed by atoms with E-state index in [9.17, 15) is 0 Å². The molecule has 0 fully saturated rings. The van der Waals surface area contributed by atoms with Gasteiger partial charge in [0.15, 0.2) is 0 Å². The molecule has 0 N–H and O–H groups in total. The molecular weight excluding hydrogens is 174 g/mol. The van der Waals surface area contributed by atoms with E-state index in [1.807, 2.05) is 30.3 Å². The Balaban J connectivity index is 2.39. The minimum atomic E-state index is 0.408. The van der Waals surface area contributed by atoms with E-state index in [-0.39, 0.29) is 0 Å². The average Bonchev–Trinajstić information content (AvgIpc) is 2.05. The Hall–Kier alpha value is -1.02. The molecule has 0 unspecified atom stereocenters. The third-order valence-electron chi connectivity index (χ3n) is 1.26. The van der Waals surface area contributed by atoms with Crippen LogP contribution in [0.2, 0.25) is 0 Å². The van der Waals surface area contributed by atoms with Crippen LogP contribution in [0.25, 0.3) is 0 Å². The van der Waals surface area contributed by atoms with E-state index >= 15 is 0 Å². The highest BCUT2D eigenvalue weighted by Gasteiger charge is 1.89. The number of nitrogens with zero attached hydrogens (tertiary/aromatic N) is 1. The van der Waals surface area contributed by atoms with Gasteiger partial charge in [-0.1, -0.05) is 47.1 Å². The molecule has 1 aromatic rings. The number of hydrogen-bond donors (Lipinski definition) is 0. The van der Waals surface area contributed by atoms with Crippen LogP contribution >= 0.6 is 11.6 Å². The lowest BCUT2D eigenvalue weighted by molar-refractivity contribution is 0.131. The number of halogens is 1. The summed E-state index contributed by atoms with van der Waals surface area (Å²) in [4.78, 5) is 4.94. The van der Waals surface area contributed by atoms with E-state index in [0.29, 0.717) is 11.8 Å². The smallest absolute Gasteiger partial charge is 0.142 e. The van der Waals surface area contributed by atoms with Crippen molar-refractivity contribution in [2.75, 3.05) is 0 Å². The Labute approximate surface area is 76.8 Å². The zero-order valence-electron chi connectivity index (χ0n) is 6.83. The van der Waals surface area contributed by atoms with E-state index in [1.54, 1.807) is 6.92 Å². The molecule has 1 aromatic carbocycles. The van der Waals surface area contributed by atoms with Gasteiger partial charge < -0.3 is 4.84 Å². The van der Waals surface area contributed by atoms with E-state index in [2.05, 4.69) is 5.16 Å². The van der Waals surface area contributed by atoms with Crippen LogP contribution in [-0.2, 0) is 11.4 Å². The van der Waals surface area contributed by atoms with E-state index < -0.39 is 0 Å². The molecule has 0 amide bonds. The normalized spacial score (nSPS) is 11.3. The molecule has 0 radical (unpaired) electrons. The topological polar surface area (TPSA) is 21.6 Å². The van der Waals surface area contributed by atoms with Crippen LogP contribution in [0.3, 0.4) is 0 Å². The van der Waals surface area contributed by atoms with Crippen LogP contribution < -0.4 is 0 Å². The summed E-state index contributed by atoms with van der Waals surface area (Å²) >= 11 is 5.47. The molecule has 0 heterocycles. The number of oxime groups is 1. The van der Waals surface area contributed by atoms with Crippen LogP contribution in [0.15, 0.2) is 35.5 Å². The zero-order chi connectivity index (χ0) is 8.81. The van der Waals surface area contributed by atoms with Gasteiger partial charge in [0.25, 0.3) is 0 Å². The molecule has 1 rings (SSSR count). The predicted octanol–water partition coefficient (Wildman–Crippen LogP) is 2.78. The maximum Gasteiger partial charge on any atom is 0.142 e. The van der Waals surface area contributed by atoms with Crippen molar-refractivity contribution in [3.05, 3.63) is 35.9 Å². The SMILES string of the molecule is C/C(Cl)=N\OCc1ccccc1. The van der Waals surface area contributed by atoms with Gasteiger partial charge in [-0.25, -0.2) is 0 Å². The summed E-state index contributed by atoms with van der Waals surface area (Å²) in [6.45, 7) is 2.14. The Morgan fingerprint density at radius 2 is 2.08 bits per heavy atom. The molecule has 0 saturated heterocycles. The van der Waals surface area contributed by atoms with Crippen LogP contribution in [0.4, 0.5) is 0 Å². The van der Waals surface area contributed by atoms with Gasteiger partial charge in [0.1, 0.15) is 11.8 Å². The highest BCUT2D eigenvalue weighted by Crippen LogP contribution is 2.00. The molecule has 12 heavy (non-hydrogen) atoms. The molecular formula is C9H10ClNO. The molecule has 0 aliphatic rings. The summed E-state index contributed by atoms with van der Waals surface area (Å²) in [6.07, 6.45) is 0. The third kappa shape index (κ3) is 3.39. The Kier molecular flexibility index (Phi) is 3.61. The van der Waals surface area contributed by atoms with Crippen LogP contribution in [0.5, 0.6) is 0 Å². The van der Waals surface area contributed by atoms with E-state index in [0.717, 1.165) is 5.56 Å². The molecule has 0 aliphatic heterocycles. The second-order valence-electron chi connectivity index (χ2n) is 2.35. The average molecular weight is 184 g/mol. The van der Waals surface area contributed by atoms with E-state index in [4.69, 9.17) is 16.4 Å². The Morgan fingerprint density at radius 3 is 2.67 bits per heavy atom. The van der Waals surface area contributed by atoms with Gasteiger partial charge in [-0.05, 0) is 12.5 Å². The fourth-order valence-electron chi connectivity index (χ4n) is 0.770. The Bertz CT molecular complexity index is 254. The monoisotopic (exact) mass is 183 g/mol. The molecule has 0 atom stereocenters. The van der Waals surface area contributed by atoms with Crippen molar-refractivity contribution in [1.29, 1.82) is 0 Å². The minimum absolute atomic E-state index is 0.408. The van der Waals surface area contributed by atoms with Gasteiger partial charge in [0.2, 0.25) is 0 Å². The highest BCUT2D eigenvalue weighted by molar-refractivity contribution is 6.64. The van der Waals surface area contributed by atoms with Crippen LogP contribution in [-0.4, -0.2) is 5.17 Å². The quantitative estimate of drug-likeness (QED) is 0.522. The molecule has 0 saturated carbocycles. The minimum Gasteiger partial charge on any atom is -0.390 e.